The van der Waals surface area contributed by atoms with Gasteiger partial charge < -0.3 is 9.47 Å². The highest BCUT2D eigenvalue weighted by molar-refractivity contribution is 5.82. The van der Waals surface area contributed by atoms with E-state index in [4.69, 9.17) is 0 Å². The average molecular weight is 191 g/mol. The van der Waals surface area contributed by atoms with Gasteiger partial charge in [0, 0.05) is 0 Å². The Morgan fingerprint density at radius 2 is 2.15 bits per heavy atom. The predicted molar refractivity (Wildman–Crippen MR) is 42.5 cm³/mol. The van der Waals surface area contributed by atoms with Crippen LogP contribution in [0.25, 0.3) is 0 Å². The largest absolute Gasteiger partial charge is 0.460 e. The van der Waals surface area contributed by atoms with Gasteiger partial charge in [0.05, 0.1) is 6.42 Å². The Hall–Kier alpha value is -1.13. The number of hydrogen-bond donors (Lipinski definition) is 0. The summed E-state index contributed by atoms with van der Waals surface area (Å²) < 4.78 is 20.5. The molecule has 0 aliphatic rings. The minimum absolute atomic E-state index is 0.309. The van der Waals surface area contributed by atoms with Crippen LogP contribution in [0.15, 0.2) is 0 Å². The van der Waals surface area contributed by atoms with Gasteiger partial charge >= 0.3 is 11.9 Å². The van der Waals surface area contributed by atoms with Crippen molar-refractivity contribution in [1.82, 2.24) is 0 Å². The molecule has 0 bridgehead atoms. The van der Waals surface area contributed by atoms with E-state index >= 15 is 0 Å². The summed E-state index contributed by atoms with van der Waals surface area (Å²) in [6.07, 6.45) is 0.189. The van der Waals surface area contributed by atoms with E-state index in [9.17, 15) is 14.0 Å². The van der Waals surface area contributed by atoms with Gasteiger partial charge in [0.1, 0.15) is 13.3 Å². The average Bonchev–Trinajstić information content (AvgIpc) is 2.13. The van der Waals surface area contributed by atoms with Gasteiger partial charge in [0.25, 0.3) is 0 Å². The van der Waals surface area contributed by atoms with E-state index in [2.05, 4.69) is 9.47 Å². The molecule has 0 saturated carbocycles. The first-order valence-electron chi connectivity index (χ1n) is 3.84. The zero-order chi connectivity index (χ0) is 10.3. The van der Waals surface area contributed by atoms with Crippen molar-refractivity contribution in [2.24, 2.45) is 0 Å². The Balaban J connectivity index is 3.75. The maximum Gasteiger partial charge on any atom is 0.347 e. The van der Waals surface area contributed by atoms with Crippen molar-refractivity contribution in [1.29, 1.82) is 0 Å². The standard InChI is InChI=1S/C8H12FO4/c1-3-7(10)13-6(2)8(11)12-5-4-9/h3,6H,4-5H2,1-2H3. The van der Waals surface area contributed by atoms with Gasteiger partial charge in [-0.1, -0.05) is 6.92 Å². The lowest BCUT2D eigenvalue weighted by Gasteiger charge is -2.10. The van der Waals surface area contributed by atoms with Crippen molar-refractivity contribution < 1.29 is 23.5 Å². The maximum atomic E-state index is 11.6. The molecule has 0 aromatic carbocycles. The molecule has 75 valence electrons. The molecule has 0 aromatic rings. The van der Waals surface area contributed by atoms with E-state index in [-0.39, 0.29) is 6.61 Å². The summed E-state index contributed by atoms with van der Waals surface area (Å²) in [5.41, 5.74) is 0. The fraction of sp³-hybridized carbons (Fsp3) is 0.625. The normalized spacial score (nSPS) is 11.9. The molecule has 0 aliphatic carbocycles. The molecule has 0 saturated heterocycles. The second-order valence-electron chi connectivity index (χ2n) is 2.22. The van der Waals surface area contributed by atoms with E-state index in [1.807, 2.05) is 0 Å². The number of rotatable bonds is 5. The first-order valence-corrected chi connectivity index (χ1v) is 3.84. The number of alkyl halides is 1. The smallest absolute Gasteiger partial charge is 0.347 e. The number of carbonyl (C=O) groups excluding carboxylic acids is 2. The van der Waals surface area contributed by atoms with Crippen LogP contribution < -0.4 is 0 Å². The lowest BCUT2D eigenvalue weighted by molar-refractivity contribution is -0.164. The minimum Gasteiger partial charge on any atom is -0.460 e. The van der Waals surface area contributed by atoms with Crippen molar-refractivity contribution >= 4 is 11.9 Å². The Morgan fingerprint density at radius 1 is 1.54 bits per heavy atom. The number of esters is 2. The molecule has 0 rings (SSSR count). The quantitative estimate of drug-likeness (QED) is 0.599. The fourth-order valence-electron chi connectivity index (χ4n) is 0.547. The number of ether oxygens (including phenoxy) is 2. The lowest BCUT2D eigenvalue weighted by Crippen LogP contribution is -2.26. The van der Waals surface area contributed by atoms with Gasteiger partial charge in [0.15, 0.2) is 6.10 Å². The third-order valence-corrected chi connectivity index (χ3v) is 1.18. The maximum absolute atomic E-state index is 11.6. The topological polar surface area (TPSA) is 52.6 Å². The molecule has 1 radical (unpaired) electrons. The SMILES string of the molecule is C[CH]C(=O)OC(C)C(=O)OCCF. The van der Waals surface area contributed by atoms with Crippen LogP contribution in [0, 0.1) is 6.42 Å². The molecular weight excluding hydrogens is 179 g/mol. The van der Waals surface area contributed by atoms with E-state index in [0.717, 1.165) is 0 Å². The summed E-state index contributed by atoms with van der Waals surface area (Å²) in [6.45, 7) is 1.80. The van der Waals surface area contributed by atoms with Gasteiger partial charge in [0.2, 0.25) is 0 Å². The van der Waals surface area contributed by atoms with Crippen LogP contribution in [-0.2, 0) is 19.1 Å². The summed E-state index contributed by atoms with van der Waals surface area (Å²) in [6, 6.07) is 0. The summed E-state index contributed by atoms with van der Waals surface area (Å²) in [7, 11) is 0. The number of hydrogen-bond acceptors (Lipinski definition) is 4. The van der Waals surface area contributed by atoms with Crippen LogP contribution in [0.3, 0.4) is 0 Å². The molecule has 0 aromatic heterocycles. The van der Waals surface area contributed by atoms with Crippen LogP contribution in [0.5, 0.6) is 0 Å². The van der Waals surface area contributed by atoms with E-state index in [1.165, 1.54) is 20.3 Å². The van der Waals surface area contributed by atoms with Crippen molar-refractivity contribution in [3.8, 4) is 0 Å². The third-order valence-electron chi connectivity index (χ3n) is 1.18. The van der Waals surface area contributed by atoms with Gasteiger partial charge in [-0.05, 0) is 6.92 Å². The molecule has 0 amide bonds. The monoisotopic (exact) mass is 191 g/mol. The highest BCUT2D eigenvalue weighted by atomic mass is 19.1. The third kappa shape index (κ3) is 5.16. The zero-order valence-electron chi connectivity index (χ0n) is 7.58. The summed E-state index contributed by atoms with van der Waals surface area (Å²) in [5, 5.41) is 0. The number of halogens is 1. The number of carbonyl (C=O) groups is 2. The van der Waals surface area contributed by atoms with Gasteiger partial charge in [-0.25, -0.2) is 9.18 Å². The van der Waals surface area contributed by atoms with Gasteiger partial charge in [-0.2, -0.15) is 0 Å². The van der Waals surface area contributed by atoms with E-state index in [1.54, 1.807) is 0 Å². The van der Waals surface area contributed by atoms with Crippen LogP contribution in [0.4, 0.5) is 4.39 Å². The summed E-state index contributed by atoms with van der Waals surface area (Å²) >= 11 is 0. The Bertz CT molecular complexity index is 181. The first kappa shape index (κ1) is 11.9. The molecule has 1 unspecified atom stereocenters. The molecule has 13 heavy (non-hydrogen) atoms. The van der Waals surface area contributed by atoms with Crippen molar-refractivity contribution in [3.63, 3.8) is 0 Å². The van der Waals surface area contributed by atoms with Crippen molar-refractivity contribution in [3.05, 3.63) is 6.42 Å². The molecule has 0 spiro atoms. The van der Waals surface area contributed by atoms with E-state index < -0.39 is 24.7 Å². The van der Waals surface area contributed by atoms with Crippen LogP contribution in [-0.4, -0.2) is 31.3 Å². The second kappa shape index (κ2) is 6.39. The van der Waals surface area contributed by atoms with Crippen LogP contribution >= 0.6 is 0 Å². The molecule has 0 aliphatic heterocycles. The second-order valence-corrected chi connectivity index (χ2v) is 2.22. The molecule has 0 fully saturated rings. The first-order chi connectivity index (χ1) is 6.11. The molecular formula is C8H12FO4. The highest BCUT2D eigenvalue weighted by Gasteiger charge is 2.17. The molecule has 0 heterocycles. The van der Waals surface area contributed by atoms with Crippen LogP contribution in [0.2, 0.25) is 0 Å². The van der Waals surface area contributed by atoms with Gasteiger partial charge in [-0.3, -0.25) is 4.79 Å². The highest BCUT2D eigenvalue weighted by Crippen LogP contribution is 1.96. The van der Waals surface area contributed by atoms with Gasteiger partial charge in [-0.15, -0.1) is 0 Å². The molecule has 0 N–H and O–H groups in total. The van der Waals surface area contributed by atoms with Crippen molar-refractivity contribution in [2.75, 3.05) is 13.3 Å². The summed E-state index contributed by atoms with van der Waals surface area (Å²) in [5.74, 6) is -1.35. The Morgan fingerprint density at radius 3 is 2.62 bits per heavy atom. The fourth-order valence-corrected chi connectivity index (χ4v) is 0.547. The molecule has 4 nitrogen and oxygen atoms in total. The van der Waals surface area contributed by atoms with E-state index in [0.29, 0.717) is 0 Å². The predicted octanol–water partition coefficient (Wildman–Crippen LogP) is 0.655. The Kier molecular flexibility index (Phi) is 5.84. The van der Waals surface area contributed by atoms with Crippen LogP contribution in [0.1, 0.15) is 13.8 Å². The molecule has 5 heteroatoms. The zero-order valence-corrected chi connectivity index (χ0v) is 7.58. The Labute approximate surface area is 76.0 Å². The minimum atomic E-state index is -0.991. The summed E-state index contributed by atoms with van der Waals surface area (Å²) in [4.78, 5) is 21.5. The lowest BCUT2D eigenvalue weighted by atomic mass is 10.4. The molecule has 1 atom stereocenters. The van der Waals surface area contributed by atoms with Crippen molar-refractivity contribution in [2.45, 2.75) is 20.0 Å².